The van der Waals surface area contributed by atoms with Gasteiger partial charge in [-0.15, -0.1) is 0 Å². The van der Waals surface area contributed by atoms with Gasteiger partial charge in [-0.25, -0.2) is 4.79 Å². The molecule has 0 unspecified atom stereocenters. The van der Waals surface area contributed by atoms with Crippen molar-refractivity contribution in [1.82, 2.24) is 0 Å². The first-order valence-corrected chi connectivity index (χ1v) is 4.99. The van der Waals surface area contributed by atoms with Crippen molar-refractivity contribution >= 4 is 11.7 Å². The maximum Gasteiger partial charge on any atom is 0.335 e. The van der Waals surface area contributed by atoms with Crippen molar-refractivity contribution in [2.45, 2.75) is 13.3 Å². The second-order valence-electron chi connectivity index (χ2n) is 3.25. The average Bonchev–Trinajstić information content (AvgIpc) is 2.25. The number of aromatic carboxylic acids is 1. The van der Waals surface area contributed by atoms with E-state index in [1.165, 1.54) is 0 Å². The molecule has 0 aliphatic heterocycles. The average molecular weight is 208 g/mol. The minimum Gasteiger partial charge on any atom is -0.478 e. The number of benzene rings is 1. The second kappa shape index (κ2) is 5.36. The molecular formula is C11H16N2O2. The Balaban J connectivity index is 2.92. The van der Waals surface area contributed by atoms with Crippen LogP contribution in [0.1, 0.15) is 22.8 Å². The van der Waals surface area contributed by atoms with Crippen LogP contribution in [0.5, 0.6) is 0 Å². The number of nitrogens with one attached hydrogen (secondary N) is 1. The quantitative estimate of drug-likeness (QED) is 0.682. The van der Waals surface area contributed by atoms with Crippen LogP contribution in [0.15, 0.2) is 18.2 Å². The van der Waals surface area contributed by atoms with E-state index in [9.17, 15) is 4.79 Å². The third-order valence-electron chi connectivity index (χ3n) is 2.19. The monoisotopic (exact) mass is 208 g/mol. The third kappa shape index (κ3) is 2.95. The van der Waals surface area contributed by atoms with Gasteiger partial charge in [0.15, 0.2) is 0 Å². The molecule has 0 heterocycles. The van der Waals surface area contributed by atoms with Crippen molar-refractivity contribution < 1.29 is 9.90 Å². The van der Waals surface area contributed by atoms with Gasteiger partial charge in [-0.2, -0.15) is 0 Å². The lowest BCUT2D eigenvalue weighted by molar-refractivity contribution is 0.0696. The number of hydrogen-bond donors (Lipinski definition) is 3. The van der Waals surface area contributed by atoms with Crippen molar-refractivity contribution in [3.8, 4) is 0 Å². The van der Waals surface area contributed by atoms with E-state index >= 15 is 0 Å². The lowest BCUT2D eigenvalue weighted by atomic mass is 10.0. The summed E-state index contributed by atoms with van der Waals surface area (Å²) in [6.07, 6.45) is 0.708. The highest BCUT2D eigenvalue weighted by Crippen LogP contribution is 2.16. The maximum absolute atomic E-state index is 10.9. The van der Waals surface area contributed by atoms with Crippen LogP contribution in [0, 0.1) is 0 Å². The molecule has 82 valence electrons. The first kappa shape index (κ1) is 11.5. The van der Waals surface area contributed by atoms with E-state index in [2.05, 4.69) is 5.32 Å². The molecule has 0 saturated heterocycles. The van der Waals surface area contributed by atoms with Crippen molar-refractivity contribution in [2.75, 3.05) is 18.4 Å². The fraction of sp³-hybridized carbons (Fsp3) is 0.364. The summed E-state index contributed by atoms with van der Waals surface area (Å²) in [6.45, 7) is 3.19. The molecule has 4 N–H and O–H groups in total. The Hall–Kier alpha value is -1.55. The summed E-state index contributed by atoms with van der Waals surface area (Å²) in [4.78, 5) is 10.9. The van der Waals surface area contributed by atoms with E-state index in [0.29, 0.717) is 25.1 Å². The van der Waals surface area contributed by atoms with Gasteiger partial charge in [0.25, 0.3) is 0 Å². The molecule has 15 heavy (non-hydrogen) atoms. The van der Waals surface area contributed by atoms with Gasteiger partial charge in [0, 0.05) is 18.8 Å². The Labute approximate surface area is 89.1 Å². The number of nitrogens with two attached hydrogens (primary N) is 1. The minimum absolute atomic E-state index is 0.371. The topological polar surface area (TPSA) is 75.3 Å². The van der Waals surface area contributed by atoms with Crippen LogP contribution in [0.4, 0.5) is 5.69 Å². The molecule has 0 fully saturated rings. The second-order valence-corrected chi connectivity index (χ2v) is 3.25. The van der Waals surface area contributed by atoms with Gasteiger partial charge in [0.05, 0.1) is 5.56 Å². The molecule has 0 aliphatic carbocycles. The van der Waals surface area contributed by atoms with E-state index in [0.717, 1.165) is 11.3 Å². The maximum atomic E-state index is 10.9. The van der Waals surface area contributed by atoms with Crippen LogP contribution in [-0.4, -0.2) is 24.2 Å². The molecule has 4 nitrogen and oxygen atoms in total. The van der Waals surface area contributed by atoms with Gasteiger partial charge in [-0.05, 0) is 30.2 Å². The fourth-order valence-electron chi connectivity index (χ4n) is 1.42. The lowest BCUT2D eigenvalue weighted by Crippen LogP contribution is -2.13. The Bertz CT molecular complexity index is 350. The summed E-state index contributed by atoms with van der Waals surface area (Å²) in [5, 5.41) is 12.0. The Morgan fingerprint density at radius 3 is 2.80 bits per heavy atom. The SMILES string of the molecule is CCc1cc(NCCN)ccc1C(=O)O. The van der Waals surface area contributed by atoms with Gasteiger partial charge in [0.2, 0.25) is 0 Å². The molecule has 0 spiro atoms. The van der Waals surface area contributed by atoms with Gasteiger partial charge < -0.3 is 16.2 Å². The van der Waals surface area contributed by atoms with Gasteiger partial charge in [0.1, 0.15) is 0 Å². The summed E-state index contributed by atoms with van der Waals surface area (Å²) < 4.78 is 0. The highest BCUT2D eigenvalue weighted by molar-refractivity contribution is 5.90. The smallest absolute Gasteiger partial charge is 0.335 e. The zero-order chi connectivity index (χ0) is 11.3. The molecule has 4 heteroatoms. The molecule has 1 aromatic carbocycles. The highest BCUT2D eigenvalue weighted by Gasteiger charge is 2.08. The highest BCUT2D eigenvalue weighted by atomic mass is 16.4. The molecule has 0 aromatic heterocycles. The van der Waals surface area contributed by atoms with Crippen LogP contribution in [0.25, 0.3) is 0 Å². The largest absolute Gasteiger partial charge is 0.478 e. The Morgan fingerprint density at radius 1 is 1.53 bits per heavy atom. The minimum atomic E-state index is -0.878. The Morgan fingerprint density at radius 2 is 2.27 bits per heavy atom. The molecular weight excluding hydrogens is 192 g/mol. The number of rotatable bonds is 5. The van der Waals surface area contributed by atoms with Crippen molar-refractivity contribution in [3.05, 3.63) is 29.3 Å². The predicted octanol–water partition coefficient (Wildman–Crippen LogP) is 1.32. The zero-order valence-corrected chi connectivity index (χ0v) is 8.79. The Kier molecular flexibility index (Phi) is 4.12. The summed E-state index contributed by atoms with van der Waals surface area (Å²) in [5.74, 6) is -0.878. The molecule has 0 radical (unpaired) electrons. The fourth-order valence-corrected chi connectivity index (χ4v) is 1.42. The number of carboxylic acid groups (broad SMARTS) is 1. The van der Waals surface area contributed by atoms with Crippen molar-refractivity contribution in [1.29, 1.82) is 0 Å². The molecule has 0 aliphatic rings. The van der Waals surface area contributed by atoms with E-state index in [1.54, 1.807) is 12.1 Å². The standard InChI is InChI=1S/C11H16N2O2/c1-2-8-7-9(13-6-5-12)3-4-10(8)11(14)15/h3-4,7,13H,2,5-6,12H2,1H3,(H,14,15). The summed E-state index contributed by atoms with van der Waals surface area (Å²) in [7, 11) is 0. The first-order valence-electron chi connectivity index (χ1n) is 4.99. The zero-order valence-electron chi connectivity index (χ0n) is 8.79. The van der Waals surface area contributed by atoms with Gasteiger partial charge in [-0.1, -0.05) is 6.92 Å². The van der Waals surface area contributed by atoms with Crippen LogP contribution in [-0.2, 0) is 6.42 Å². The number of aryl methyl sites for hydroxylation is 1. The molecule has 0 bridgehead atoms. The van der Waals surface area contributed by atoms with Crippen molar-refractivity contribution in [3.63, 3.8) is 0 Å². The molecule has 0 atom stereocenters. The molecule has 0 saturated carbocycles. The molecule has 1 rings (SSSR count). The van der Waals surface area contributed by atoms with Gasteiger partial charge in [-0.3, -0.25) is 0 Å². The van der Waals surface area contributed by atoms with Crippen LogP contribution in [0.2, 0.25) is 0 Å². The van der Waals surface area contributed by atoms with Crippen LogP contribution in [0.3, 0.4) is 0 Å². The summed E-state index contributed by atoms with van der Waals surface area (Å²) in [6, 6.07) is 5.25. The van der Waals surface area contributed by atoms with E-state index < -0.39 is 5.97 Å². The van der Waals surface area contributed by atoms with Crippen LogP contribution < -0.4 is 11.1 Å². The summed E-state index contributed by atoms with van der Waals surface area (Å²) in [5.41, 5.74) is 7.50. The predicted molar refractivity (Wildman–Crippen MR) is 60.3 cm³/mol. The number of carbonyl (C=O) groups is 1. The number of anilines is 1. The first-order chi connectivity index (χ1) is 7.19. The molecule has 1 aromatic rings. The summed E-state index contributed by atoms with van der Waals surface area (Å²) >= 11 is 0. The van der Waals surface area contributed by atoms with E-state index in [-0.39, 0.29) is 0 Å². The third-order valence-corrected chi connectivity index (χ3v) is 2.19. The number of hydrogen-bond acceptors (Lipinski definition) is 3. The normalized spacial score (nSPS) is 10.0. The number of carboxylic acids is 1. The van der Waals surface area contributed by atoms with E-state index in [4.69, 9.17) is 10.8 Å². The molecule has 0 amide bonds. The van der Waals surface area contributed by atoms with Crippen LogP contribution >= 0.6 is 0 Å². The van der Waals surface area contributed by atoms with Crippen molar-refractivity contribution in [2.24, 2.45) is 5.73 Å². The van der Waals surface area contributed by atoms with E-state index in [1.807, 2.05) is 13.0 Å². The van der Waals surface area contributed by atoms with Gasteiger partial charge >= 0.3 is 5.97 Å². The lowest BCUT2D eigenvalue weighted by Gasteiger charge is -2.08.